The predicted molar refractivity (Wildman–Crippen MR) is 68.2 cm³/mol. The molecule has 0 amide bonds. The summed E-state index contributed by atoms with van der Waals surface area (Å²) in [6.07, 6.45) is 1.94. The maximum atomic E-state index is 8.77. The molecule has 0 bridgehead atoms. The fraction of sp³-hybridized carbons (Fsp3) is 0.500. The molecule has 0 aromatic carbocycles. The van der Waals surface area contributed by atoms with Crippen LogP contribution >= 0.6 is 11.6 Å². The molecule has 0 aliphatic carbocycles. The van der Waals surface area contributed by atoms with E-state index in [0.29, 0.717) is 16.5 Å². The molecule has 0 aliphatic rings. The number of ether oxygens (including phenoxy) is 1. The summed E-state index contributed by atoms with van der Waals surface area (Å²) in [5, 5.41) is 12.2. The van der Waals surface area contributed by atoms with Crippen LogP contribution in [-0.2, 0) is 4.74 Å². The lowest BCUT2D eigenvalue weighted by Gasteiger charge is -2.06. The van der Waals surface area contributed by atoms with E-state index in [1.165, 1.54) is 6.07 Å². The van der Waals surface area contributed by atoms with Crippen LogP contribution in [0.1, 0.15) is 25.3 Å². The lowest BCUT2D eigenvalue weighted by atomic mass is 10.3. The molecule has 4 nitrogen and oxygen atoms in total. The Labute approximate surface area is 107 Å². The van der Waals surface area contributed by atoms with Crippen molar-refractivity contribution in [2.75, 3.05) is 25.1 Å². The first-order valence-electron chi connectivity index (χ1n) is 5.65. The molecular weight excluding hydrogens is 238 g/mol. The normalized spacial score (nSPS) is 9.94. The van der Waals surface area contributed by atoms with E-state index in [1.54, 1.807) is 6.07 Å². The zero-order valence-electron chi connectivity index (χ0n) is 9.87. The van der Waals surface area contributed by atoms with E-state index < -0.39 is 0 Å². The highest BCUT2D eigenvalue weighted by Gasteiger charge is 2.00. The number of halogens is 1. The minimum absolute atomic E-state index is 0.328. The molecule has 0 aliphatic heterocycles. The Balaban J connectivity index is 2.32. The van der Waals surface area contributed by atoms with Gasteiger partial charge in [0.05, 0.1) is 11.6 Å². The van der Waals surface area contributed by atoms with E-state index in [-0.39, 0.29) is 0 Å². The number of aromatic nitrogens is 1. The number of hydrogen-bond acceptors (Lipinski definition) is 4. The molecule has 0 spiro atoms. The quantitative estimate of drug-likeness (QED) is 0.600. The van der Waals surface area contributed by atoms with Gasteiger partial charge in [-0.2, -0.15) is 5.26 Å². The Morgan fingerprint density at radius 3 is 3.00 bits per heavy atom. The van der Waals surface area contributed by atoms with Gasteiger partial charge in [0.2, 0.25) is 0 Å². The number of nitrogens with one attached hydrogen (secondary N) is 1. The smallest absolute Gasteiger partial charge is 0.132 e. The van der Waals surface area contributed by atoms with Gasteiger partial charge in [-0.25, -0.2) is 4.98 Å². The molecular formula is C12H16ClN3O. The van der Waals surface area contributed by atoms with Crippen LogP contribution in [-0.4, -0.2) is 24.7 Å². The van der Waals surface area contributed by atoms with Crippen molar-refractivity contribution in [3.8, 4) is 6.07 Å². The molecule has 1 N–H and O–H groups in total. The van der Waals surface area contributed by atoms with Crippen LogP contribution in [0.2, 0.25) is 5.15 Å². The maximum absolute atomic E-state index is 8.77. The van der Waals surface area contributed by atoms with Gasteiger partial charge in [0.25, 0.3) is 0 Å². The minimum atomic E-state index is 0.328. The van der Waals surface area contributed by atoms with Gasteiger partial charge in [0.1, 0.15) is 11.0 Å². The molecule has 1 aromatic rings. The average molecular weight is 254 g/mol. The van der Waals surface area contributed by atoms with Gasteiger partial charge >= 0.3 is 0 Å². The third kappa shape index (κ3) is 5.53. The van der Waals surface area contributed by atoms with Crippen molar-refractivity contribution in [1.29, 1.82) is 5.26 Å². The van der Waals surface area contributed by atoms with Gasteiger partial charge < -0.3 is 10.1 Å². The lowest BCUT2D eigenvalue weighted by molar-refractivity contribution is 0.134. The standard InChI is InChI=1S/C12H16ClN3O/c1-2-5-17-6-3-4-15-12-8-10(9-14)7-11(13)16-12/h7-8H,2-6H2,1H3,(H,15,16). The molecule has 0 unspecified atom stereocenters. The van der Waals surface area contributed by atoms with Gasteiger partial charge in [0.15, 0.2) is 0 Å². The van der Waals surface area contributed by atoms with E-state index in [1.807, 2.05) is 6.07 Å². The Hall–Kier alpha value is -1.31. The molecule has 1 aromatic heterocycles. The van der Waals surface area contributed by atoms with Crippen molar-refractivity contribution < 1.29 is 4.74 Å². The van der Waals surface area contributed by atoms with Crippen LogP contribution in [0, 0.1) is 11.3 Å². The largest absolute Gasteiger partial charge is 0.381 e. The first kappa shape index (κ1) is 13.8. The van der Waals surface area contributed by atoms with Gasteiger partial charge in [-0.15, -0.1) is 0 Å². The number of rotatable bonds is 7. The summed E-state index contributed by atoms with van der Waals surface area (Å²) in [6.45, 7) is 4.36. The summed E-state index contributed by atoms with van der Waals surface area (Å²) < 4.78 is 5.35. The highest BCUT2D eigenvalue weighted by molar-refractivity contribution is 6.29. The molecule has 0 radical (unpaired) electrons. The molecule has 0 atom stereocenters. The fourth-order valence-electron chi connectivity index (χ4n) is 1.29. The van der Waals surface area contributed by atoms with Crippen LogP contribution in [0.5, 0.6) is 0 Å². The molecule has 92 valence electrons. The maximum Gasteiger partial charge on any atom is 0.132 e. The number of pyridine rings is 1. The molecule has 1 heterocycles. The first-order chi connectivity index (χ1) is 8.26. The lowest BCUT2D eigenvalue weighted by Crippen LogP contribution is -2.07. The van der Waals surface area contributed by atoms with Gasteiger partial charge in [-0.3, -0.25) is 0 Å². The monoisotopic (exact) mass is 253 g/mol. The minimum Gasteiger partial charge on any atom is -0.381 e. The number of hydrogen-bond donors (Lipinski definition) is 1. The van der Waals surface area contributed by atoms with Crippen LogP contribution < -0.4 is 5.32 Å². The van der Waals surface area contributed by atoms with Gasteiger partial charge in [0, 0.05) is 19.8 Å². The van der Waals surface area contributed by atoms with E-state index in [4.69, 9.17) is 21.6 Å². The first-order valence-corrected chi connectivity index (χ1v) is 6.03. The highest BCUT2D eigenvalue weighted by Crippen LogP contribution is 2.13. The zero-order chi connectivity index (χ0) is 12.5. The van der Waals surface area contributed by atoms with Crippen molar-refractivity contribution in [1.82, 2.24) is 4.98 Å². The molecule has 5 heteroatoms. The third-order valence-electron chi connectivity index (χ3n) is 2.04. The van der Waals surface area contributed by atoms with Crippen LogP contribution in [0.4, 0.5) is 5.82 Å². The zero-order valence-corrected chi connectivity index (χ0v) is 10.6. The van der Waals surface area contributed by atoms with Crippen molar-refractivity contribution in [2.45, 2.75) is 19.8 Å². The molecule has 17 heavy (non-hydrogen) atoms. The van der Waals surface area contributed by atoms with Gasteiger partial charge in [-0.05, 0) is 25.0 Å². The highest BCUT2D eigenvalue weighted by atomic mass is 35.5. The van der Waals surface area contributed by atoms with Crippen molar-refractivity contribution in [3.05, 3.63) is 22.8 Å². The second kappa shape index (κ2) is 7.88. The van der Waals surface area contributed by atoms with E-state index in [9.17, 15) is 0 Å². The van der Waals surface area contributed by atoms with Gasteiger partial charge in [-0.1, -0.05) is 18.5 Å². The van der Waals surface area contributed by atoms with E-state index >= 15 is 0 Å². The molecule has 0 saturated heterocycles. The Kier molecular flexibility index (Phi) is 6.38. The summed E-state index contributed by atoms with van der Waals surface area (Å²) in [4.78, 5) is 4.08. The Morgan fingerprint density at radius 2 is 2.29 bits per heavy atom. The third-order valence-corrected chi connectivity index (χ3v) is 2.24. The molecule has 1 rings (SSSR count). The molecule has 0 fully saturated rings. The SMILES string of the molecule is CCCOCCCNc1cc(C#N)cc(Cl)n1. The molecule has 0 saturated carbocycles. The van der Waals surface area contributed by atoms with Crippen LogP contribution in [0.25, 0.3) is 0 Å². The average Bonchev–Trinajstić information content (AvgIpc) is 2.33. The van der Waals surface area contributed by atoms with Crippen LogP contribution in [0.15, 0.2) is 12.1 Å². The van der Waals surface area contributed by atoms with Crippen molar-refractivity contribution in [2.24, 2.45) is 0 Å². The van der Waals surface area contributed by atoms with Crippen LogP contribution in [0.3, 0.4) is 0 Å². The number of anilines is 1. The predicted octanol–water partition coefficient (Wildman–Crippen LogP) is 2.84. The Morgan fingerprint density at radius 1 is 1.47 bits per heavy atom. The van der Waals surface area contributed by atoms with Crippen molar-refractivity contribution >= 4 is 17.4 Å². The summed E-state index contributed by atoms with van der Waals surface area (Å²) in [5.41, 5.74) is 0.509. The fourth-order valence-corrected chi connectivity index (χ4v) is 1.50. The van der Waals surface area contributed by atoms with Crippen molar-refractivity contribution in [3.63, 3.8) is 0 Å². The van der Waals surface area contributed by atoms with E-state index in [2.05, 4.69) is 17.2 Å². The second-order valence-corrected chi connectivity index (χ2v) is 3.96. The second-order valence-electron chi connectivity index (χ2n) is 3.57. The summed E-state index contributed by atoms with van der Waals surface area (Å²) in [7, 11) is 0. The number of nitriles is 1. The number of nitrogens with zero attached hydrogens (tertiary/aromatic N) is 2. The summed E-state index contributed by atoms with van der Waals surface area (Å²) in [6, 6.07) is 5.26. The summed E-state index contributed by atoms with van der Waals surface area (Å²) in [5.74, 6) is 0.629. The summed E-state index contributed by atoms with van der Waals surface area (Å²) >= 11 is 5.78. The van der Waals surface area contributed by atoms with E-state index in [0.717, 1.165) is 32.6 Å². The topological polar surface area (TPSA) is 57.9 Å². The Bertz CT molecular complexity index is 390.